The highest BCUT2D eigenvalue weighted by molar-refractivity contribution is 6.31. The van der Waals surface area contributed by atoms with Gasteiger partial charge in [-0.15, -0.1) is 0 Å². The third kappa shape index (κ3) is 4.36. The normalized spacial score (nSPS) is 11.8. The molecule has 0 aliphatic carbocycles. The minimum Gasteiger partial charge on any atom is -0.481 e. The molecule has 0 saturated carbocycles. The van der Waals surface area contributed by atoms with Gasteiger partial charge in [0.15, 0.2) is 6.10 Å². The smallest absolute Gasteiger partial charge is 0.261 e. The van der Waals surface area contributed by atoms with E-state index in [0.717, 1.165) is 5.56 Å². The van der Waals surface area contributed by atoms with Crippen molar-refractivity contribution in [2.75, 3.05) is 0 Å². The molecule has 0 fully saturated rings. The zero-order valence-electron chi connectivity index (χ0n) is 11.8. The molecule has 3 nitrogen and oxygen atoms in total. The fourth-order valence-electron chi connectivity index (χ4n) is 1.78. The molecule has 0 saturated heterocycles. The molecule has 0 aromatic heterocycles. The molecule has 0 aliphatic rings. The molecule has 22 heavy (non-hydrogen) atoms. The molecular weight excluding hydrogens is 328 g/mol. The molecule has 2 aromatic carbocycles. The first-order valence-electron chi connectivity index (χ1n) is 6.60. The first-order valence-corrected chi connectivity index (χ1v) is 7.36. The predicted octanol–water partition coefficient (Wildman–Crippen LogP) is 4.22. The minimum atomic E-state index is -0.746. The van der Waals surface area contributed by atoms with Gasteiger partial charge in [-0.2, -0.15) is 0 Å². The SMILES string of the molecule is CC(Oc1ccc(F)c(Cl)c1)C(=O)NCc1ccccc1Cl. The van der Waals surface area contributed by atoms with Gasteiger partial charge < -0.3 is 10.1 Å². The summed E-state index contributed by atoms with van der Waals surface area (Å²) >= 11 is 11.7. The summed E-state index contributed by atoms with van der Waals surface area (Å²) < 4.78 is 18.5. The number of carbonyl (C=O) groups is 1. The number of halogens is 3. The van der Waals surface area contributed by atoms with Gasteiger partial charge >= 0.3 is 0 Å². The molecule has 6 heteroatoms. The standard InChI is InChI=1S/C16H14Cl2FNO2/c1-10(22-12-6-7-15(19)14(18)8-12)16(21)20-9-11-4-2-3-5-13(11)17/h2-8,10H,9H2,1H3,(H,20,21). The van der Waals surface area contributed by atoms with Crippen molar-refractivity contribution in [1.29, 1.82) is 0 Å². The van der Waals surface area contributed by atoms with E-state index >= 15 is 0 Å². The average Bonchev–Trinajstić information content (AvgIpc) is 2.50. The van der Waals surface area contributed by atoms with Crippen LogP contribution in [-0.2, 0) is 11.3 Å². The maximum atomic E-state index is 13.1. The second kappa shape index (κ2) is 7.47. The van der Waals surface area contributed by atoms with Gasteiger partial charge in [0.1, 0.15) is 11.6 Å². The van der Waals surface area contributed by atoms with Crippen molar-refractivity contribution < 1.29 is 13.9 Å². The number of carbonyl (C=O) groups excluding carboxylic acids is 1. The van der Waals surface area contributed by atoms with Crippen LogP contribution in [0.25, 0.3) is 0 Å². The highest BCUT2D eigenvalue weighted by Crippen LogP contribution is 2.22. The highest BCUT2D eigenvalue weighted by atomic mass is 35.5. The van der Waals surface area contributed by atoms with Crippen LogP contribution in [0.2, 0.25) is 10.0 Å². The summed E-state index contributed by atoms with van der Waals surface area (Å²) in [5, 5.41) is 3.26. The van der Waals surface area contributed by atoms with Crippen molar-refractivity contribution >= 4 is 29.1 Å². The molecule has 2 aromatic rings. The Morgan fingerprint density at radius 2 is 1.95 bits per heavy atom. The zero-order chi connectivity index (χ0) is 16.1. The van der Waals surface area contributed by atoms with Gasteiger partial charge in [-0.05, 0) is 30.7 Å². The van der Waals surface area contributed by atoms with Crippen molar-refractivity contribution in [1.82, 2.24) is 5.32 Å². The first-order chi connectivity index (χ1) is 10.5. The van der Waals surface area contributed by atoms with Crippen LogP contribution >= 0.6 is 23.2 Å². The summed E-state index contributed by atoms with van der Waals surface area (Å²) in [6.07, 6.45) is -0.746. The van der Waals surface area contributed by atoms with Gasteiger partial charge in [0.05, 0.1) is 5.02 Å². The molecule has 0 spiro atoms. The molecule has 1 atom stereocenters. The molecule has 2 rings (SSSR count). The first kappa shape index (κ1) is 16.6. The van der Waals surface area contributed by atoms with Crippen molar-refractivity contribution in [2.45, 2.75) is 19.6 Å². The lowest BCUT2D eigenvalue weighted by atomic mass is 10.2. The number of nitrogens with one attached hydrogen (secondary N) is 1. The number of hydrogen-bond donors (Lipinski definition) is 1. The van der Waals surface area contributed by atoms with Crippen molar-refractivity contribution in [3.63, 3.8) is 0 Å². The Morgan fingerprint density at radius 1 is 1.23 bits per heavy atom. The summed E-state index contributed by atoms with van der Waals surface area (Å²) in [4.78, 5) is 12.0. The van der Waals surface area contributed by atoms with Crippen LogP contribution < -0.4 is 10.1 Å². The maximum Gasteiger partial charge on any atom is 0.261 e. The number of ether oxygens (including phenoxy) is 1. The van der Waals surface area contributed by atoms with Crippen LogP contribution in [0.3, 0.4) is 0 Å². The van der Waals surface area contributed by atoms with Crippen molar-refractivity contribution in [3.05, 3.63) is 63.9 Å². The molecule has 1 unspecified atom stereocenters. The van der Waals surface area contributed by atoms with E-state index in [9.17, 15) is 9.18 Å². The van der Waals surface area contributed by atoms with Crippen LogP contribution in [0.1, 0.15) is 12.5 Å². The van der Waals surface area contributed by atoms with Crippen LogP contribution in [0.4, 0.5) is 4.39 Å². The zero-order valence-corrected chi connectivity index (χ0v) is 13.3. The van der Waals surface area contributed by atoms with Crippen LogP contribution in [-0.4, -0.2) is 12.0 Å². The van der Waals surface area contributed by atoms with Crippen LogP contribution in [0.5, 0.6) is 5.75 Å². The quantitative estimate of drug-likeness (QED) is 0.884. The Morgan fingerprint density at radius 3 is 2.64 bits per heavy atom. The van der Waals surface area contributed by atoms with E-state index < -0.39 is 11.9 Å². The second-order valence-electron chi connectivity index (χ2n) is 4.65. The summed E-state index contributed by atoms with van der Waals surface area (Å²) in [6.45, 7) is 1.90. The number of benzene rings is 2. The fourth-order valence-corrected chi connectivity index (χ4v) is 2.15. The molecule has 0 aliphatic heterocycles. The minimum absolute atomic E-state index is 0.0545. The van der Waals surface area contributed by atoms with E-state index in [2.05, 4.69) is 5.32 Å². The summed E-state index contributed by atoms with van der Waals surface area (Å²) in [5.74, 6) is -0.517. The molecule has 0 heterocycles. The Bertz CT molecular complexity index is 679. The third-order valence-electron chi connectivity index (χ3n) is 2.98. The van der Waals surface area contributed by atoms with Crippen LogP contribution in [0.15, 0.2) is 42.5 Å². The lowest BCUT2D eigenvalue weighted by molar-refractivity contribution is -0.127. The summed E-state index contributed by atoms with van der Waals surface area (Å²) in [6, 6.07) is 11.2. The van der Waals surface area contributed by atoms with E-state index in [1.165, 1.54) is 18.2 Å². The van der Waals surface area contributed by atoms with Gasteiger partial charge in [-0.3, -0.25) is 4.79 Å². The van der Waals surface area contributed by atoms with E-state index in [0.29, 0.717) is 17.3 Å². The van der Waals surface area contributed by atoms with Gasteiger partial charge in [-0.1, -0.05) is 41.4 Å². The second-order valence-corrected chi connectivity index (χ2v) is 5.46. The van der Waals surface area contributed by atoms with Crippen LogP contribution in [0, 0.1) is 5.82 Å². The Labute approximate surface area is 138 Å². The number of rotatable bonds is 5. The number of hydrogen-bond acceptors (Lipinski definition) is 2. The van der Waals surface area contributed by atoms with Gasteiger partial charge in [-0.25, -0.2) is 4.39 Å². The Kier molecular flexibility index (Phi) is 5.63. The molecular formula is C16H14Cl2FNO2. The van der Waals surface area contributed by atoms with Gasteiger partial charge in [0.25, 0.3) is 5.91 Å². The Hall–Kier alpha value is -1.78. The third-order valence-corrected chi connectivity index (χ3v) is 3.64. The largest absolute Gasteiger partial charge is 0.481 e. The lowest BCUT2D eigenvalue weighted by Crippen LogP contribution is -2.35. The van der Waals surface area contributed by atoms with Crippen molar-refractivity contribution in [2.24, 2.45) is 0 Å². The molecule has 1 N–H and O–H groups in total. The predicted molar refractivity (Wildman–Crippen MR) is 84.8 cm³/mol. The van der Waals surface area contributed by atoms with E-state index in [-0.39, 0.29) is 10.9 Å². The molecule has 1 amide bonds. The summed E-state index contributed by atoms with van der Waals surface area (Å²) in [7, 11) is 0. The fraction of sp³-hybridized carbons (Fsp3) is 0.188. The Balaban J connectivity index is 1.92. The molecule has 0 bridgehead atoms. The summed E-state index contributed by atoms with van der Waals surface area (Å²) in [5.41, 5.74) is 0.814. The average molecular weight is 342 g/mol. The van der Waals surface area contributed by atoms with E-state index in [4.69, 9.17) is 27.9 Å². The van der Waals surface area contributed by atoms with Crippen molar-refractivity contribution in [3.8, 4) is 5.75 Å². The monoisotopic (exact) mass is 341 g/mol. The highest BCUT2D eigenvalue weighted by Gasteiger charge is 2.15. The number of amides is 1. The topological polar surface area (TPSA) is 38.3 Å². The van der Waals surface area contributed by atoms with E-state index in [1.807, 2.05) is 18.2 Å². The lowest BCUT2D eigenvalue weighted by Gasteiger charge is -2.15. The van der Waals surface area contributed by atoms with Gasteiger partial charge in [0, 0.05) is 17.6 Å². The molecule has 116 valence electrons. The maximum absolute atomic E-state index is 13.1. The van der Waals surface area contributed by atoms with E-state index in [1.54, 1.807) is 13.0 Å². The molecule has 0 radical (unpaired) electrons. The van der Waals surface area contributed by atoms with Gasteiger partial charge in [0.2, 0.25) is 0 Å².